The molecule has 2 aromatic rings. The molecule has 0 fully saturated rings. The fraction of sp³-hybridized carbons (Fsp3) is 0.409. The van der Waals surface area contributed by atoms with Gasteiger partial charge in [-0.25, -0.2) is 4.79 Å². The van der Waals surface area contributed by atoms with Gasteiger partial charge in [0.1, 0.15) is 5.60 Å². The van der Waals surface area contributed by atoms with Gasteiger partial charge < -0.3 is 19.9 Å². The van der Waals surface area contributed by atoms with Crippen molar-refractivity contribution >= 4 is 23.5 Å². The molecule has 0 radical (unpaired) electrons. The maximum absolute atomic E-state index is 12.6. The number of H-pyrrole nitrogens is 1. The molecule has 154 valence electrons. The Balaban J connectivity index is 1.62. The smallest absolute Gasteiger partial charge is 0.410 e. The number of ketones is 1. The summed E-state index contributed by atoms with van der Waals surface area (Å²) >= 11 is 0. The molecular formula is C22H27N3O4. The Hall–Kier alpha value is -3.09. The SMILES string of the molecule is CN(Cc1ccc(NC(=O)c2c[nH]c3c2C(=O)CCC3)cc1)C(=O)OC(C)(C)C. The van der Waals surface area contributed by atoms with E-state index in [1.54, 1.807) is 25.4 Å². The summed E-state index contributed by atoms with van der Waals surface area (Å²) in [6.45, 7) is 5.87. The molecule has 1 aliphatic rings. The van der Waals surface area contributed by atoms with Crippen molar-refractivity contribution in [3.8, 4) is 0 Å². The third kappa shape index (κ3) is 5.04. The summed E-state index contributed by atoms with van der Waals surface area (Å²) < 4.78 is 5.34. The second-order valence-corrected chi connectivity index (χ2v) is 8.32. The predicted octanol–water partition coefficient (Wildman–Crippen LogP) is 4.15. The van der Waals surface area contributed by atoms with Crippen molar-refractivity contribution < 1.29 is 19.1 Å². The lowest BCUT2D eigenvalue weighted by Gasteiger charge is -2.24. The van der Waals surface area contributed by atoms with Gasteiger partial charge in [0.25, 0.3) is 5.91 Å². The van der Waals surface area contributed by atoms with Gasteiger partial charge in [-0.15, -0.1) is 0 Å². The second kappa shape index (κ2) is 8.11. The lowest BCUT2D eigenvalue weighted by atomic mass is 9.93. The highest BCUT2D eigenvalue weighted by Crippen LogP contribution is 2.25. The van der Waals surface area contributed by atoms with E-state index in [4.69, 9.17) is 4.74 Å². The highest BCUT2D eigenvalue weighted by atomic mass is 16.6. The number of ether oxygens (including phenoxy) is 1. The molecule has 0 aliphatic heterocycles. The van der Waals surface area contributed by atoms with Crippen molar-refractivity contribution in [1.82, 2.24) is 9.88 Å². The number of aromatic nitrogens is 1. The van der Waals surface area contributed by atoms with Crippen LogP contribution in [0, 0.1) is 0 Å². The van der Waals surface area contributed by atoms with E-state index in [-0.39, 0.29) is 11.7 Å². The number of carbonyl (C=O) groups excluding carboxylic acids is 3. The van der Waals surface area contributed by atoms with Crippen LogP contribution in [-0.2, 0) is 17.7 Å². The normalized spacial score (nSPS) is 13.6. The molecule has 2 N–H and O–H groups in total. The van der Waals surface area contributed by atoms with E-state index in [1.807, 2.05) is 32.9 Å². The van der Waals surface area contributed by atoms with Gasteiger partial charge in [0.2, 0.25) is 0 Å². The maximum atomic E-state index is 12.6. The molecule has 0 spiro atoms. The molecule has 0 saturated heterocycles. The van der Waals surface area contributed by atoms with E-state index < -0.39 is 11.7 Å². The monoisotopic (exact) mass is 397 g/mol. The molecule has 1 heterocycles. The van der Waals surface area contributed by atoms with E-state index in [0.717, 1.165) is 24.1 Å². The zero-order valence-electron chi connectivity index (χ0n) is 17.3. The van der Waals surface area contributed by atoms with Gasteiger partial charge in [0.15, 0.2) is 5.78 Å². The van der Waals surface area contributed by atoms with Crippen LogP contribution in [0.3, 0.4) is 0 Å². The molecule has 2 amide bonds. The van der Waals surface area contributed by atoms with Crippen molar-refractivity contribution in [2.75, 3.05) is 12.4 Å². The van der Waals surface area contributed by atoms with Crippen molar-refractivity contribution in [3.63, 3.8) is 0 Å². The van der Waals surface area contributed by atoms with Gasteiger partial charge >= 0.3 is 6.09 Å². The first-order valence-corrected chi connectivity index (χ1v) is 9.72. The fourth-order valence-electron chi connectivity index (χ4n) is 3.28. The molecule has 1 aromatic carbocycles. The van der Waals surface area contributed by atoms with Crippen LogP contribution >= 0.6 is 0 Å². The number of Topliss-reactive ketones (excluding diaryl/α,β-unsaturated/α-hetero) is 1. The van der Waals surface area contributed by atoms with Crippen LogP contribution in [0.15, 0.2) is 30.5 Å². The summed E-state index contributed by atoms with van der Waals surface area (Å²) in [7, 11) is 1.68. The minimum atomic E-state index is -0.543. The largest absolute Gasteiger partial charge is 0.444 e. The highest BCUT2D eigenvalue weighted by Gasteiger charge is 2.26. The molecular weight excluding hydrogens is 370 g/mol. The molecule has 29 heavy (non-hydrogen) atoms. The van der Waals surface area contributed by atoms with Crippen molar-refractivity contribution in [2.24, 2.45) is 0 Å². The third-order valence-corrected chi connectivity index (χ3v) is 4.65. The first-order chi connectivity index (χ1) is 13.6. The Morgan fingerprint density at radius 3 is 2.52 bits per heavy atom. The van der Waals surface area contributed by atoms with E-state index in [0.29, 0.717) is 29.8 Å². The van der Waals surface area contributed by atoms with Gasteiger partial charge in [-0.3, -0.25) is 9.59 Å². The molecule has 1 aliphatic carbocycles. The Labute approximate surface area is 170 Å². The minimum Gasteiger partial charge on any atom is -0.444 e. The van der Waals surface area contributed by atoms with Gasteiger partial charge in [0, 0.05) is 37.6 Å². The molecule has 0 atom stereocenters. The van der Waals surface area contributed by atoms with E-state index in [9.17, 15) is 14.4 Å². The third-order valence-electron chi connectivity index (χ3n) is 4.65. The van der Waals surface area contributed by atoms with Gasteiger partial charge in [-0.05, 0) is 51.3 Å². The molecule has 0 unspecified atom stereocenters. The number of hydrogen-bond donors (Lipinski definition) is 2. The number of fused-ring (bicyclic) bond motifs is 1. The summed E-state index contributed by atoms with van der Waals surface area (Å²) in [5.41, 5.74) is 2.73. The number of hydrogen-bond acceptors (Lipinski definition) is 4. The van der Waals surface area contributed by atoms with Gasteiger partial charge in [0.05, 0.1) is 11.1 Å². The quantitative estimate of drug-likeness (QED) is 0.811. The van der Waals surface area contributed by atoms with Crippen LogP contribution in [0.5, 0.6) is 0 Å². The number of aromatic amines is 1. The number of nitrogens with zero attached hydrogens (tertiary/aromatic N) is 1. The van der Waals surface area contributed by atoms with E-state index in [1.165, 1.54) is 4.90 Å². The topological polar surface area (TPSA) is 91.5 Å². The summed E-state index contributed by atoms with van der Waals surface area (Å²) in [5.74, 6) is -0.297. The molecule has 1 aromatic heterocycles. The Kier molecular flexibility index (Phi) is 5.77. The summed E-state index contributed by atoms with van der Waals surface area (Å²) in [5, 5.41) is 2.83. The predicted molar refractivity (Wildman–Crippen MR) is 110 cm³/mol. The highest BCUT2D eigenvalue weighted by molar-refractivity contribution is 6.13. The number of nitrogens with one attached hydrogen (secondary N) is 2. The number of anilines is 1. The molecule has 0 bridgehead atoms. The standard InChI is InChI=1S/C22H27N3O4/c1-22(2,3)29-21(28)25(4)13-14-8-10-15(11-9-14)24-20(27)16-12-23-17-6-5-7-18(26)19(16)17/h8-12,23H,5-7,13H2,1-4H3,(H,24,27). The Morgan fingerprint density at radius 1 is 1.17 bits per heavy atom. The number of aryl methyl sites for hydroxylation is 1. The first kappa shape index (κ1) is 20.6. The number of rotatable bonds is 4. The molecule has 7 heteroatoms. The van der Waals surface area contributed by atoms with Gasteiger partial charge in [-0.2, -0.15) is 0 Å². The lowest BCUT2D eigenvalue weighted by molar-refractivity contribution is 0.0285. The average Bonchev–Trinajstić information content (AvgIpc) is 3.07. The minimum absolute atomic E-state index is 0.0122. The second-order valence-electron chi connectivity index (χ2n) is 8.32. The van der Waals surface area contributed by atoms with E-state index in [2.05, 4.69) is 10.3 Å². The summed E-state index contributed by atoms with van der Waals surface area (Å²) in [6.07, 6.45) is 3.29. The van der Waals surface area contributed by atoms with Crippen LogP contribution in [0.4, 0.5) is 10.5 Å². The van der Waals surface area contributed by atoms with Gasteiger partial charge in [-0.1, -0.05) is 12.1 Å². The average molecular weight is 397 g/mol. The number of benzene rings is 1. The number of carbonyl (C=O) groups is 3. The molecule has 7 nitrogen and oxygen atoms in total. The van der Waals surface area contributed by atoms with Crippen molar-refractivity contribution in [3.05, 3.63) is 52.8 Å². The lowest BCUT2D eigenvalue weighted by Crippen LogP contribution is -2.33. The van der Waals surface area contributed by atoms with Crippen LogP contribution in [-0.4, -0.2) is 40.3 Å². The Bertz CT molecular complexity index is 923. The van der Waals surface area contributed by atoms with Crippen LogP contribution in [0.25, 0.3) is 0 Å². The van der Waals surface area contributed by atoms with Crippen LogP contribution in [0.2, 0.25) is 0 Å². The zero-order valence-corrected chi connectivity index (χ0v) is 17.3. The fourth-order valence-corrected chi connectivity index (χ4v) is 3.28. The van der Waals surface area contributed by atoms with Crippen LogP contribution in [0.1, 0.15) is 65.6 Å². The first-order valence-electron chi connectivity index (χ1n) is 9.72. The zero-order chi connectivity index (χ0) is 21.2. The summed E-state index contributed by atoms with van der Waals surface area (Å²) in [6, 6.07) is 7.23. The van der Waals surface area contributed by atoms with Crippen LogP contribution < -0.4 is 5.32 Å². The number of amides is 2. The maximum Gasteiger partial charge on any atom is 0.410 e. The summed E-state index contributed by atoms with van der Waals surface area (Å²) in [4.78, 5) is 41.4. The Morgan fingerprint density at radius 2 is 1.86 bits per heavy atom. The molecule has 3 rings (SSSR count). The van der Waals surface area contributed by atoms with E-state index >= 15 is 0 Å². The van der Waals surface area contributed by atoms with Crippen molar-refractivity contribution in [2.45, 2.75) is 52.2 Å². The molecule has 0 saturated carbocycles. The van der Waals surface area contributed by atoms with Crippen molar-refractivity contribution in [1.29, 1.82) is 0 Å².